The average Bonchev–Trinajstić information content (AvgIpc) is 2.61. The number of hydrogen-bond donors (Lipinski definition) is 3. The summed E-state index contributed by atoms with van der Waals surface area (Å²) in [5.74, 6) is -0.285. The second-order valence-electron chi connectivity index (χ2n) is 5.35. The first-order valence-electron chi connectivity index (χ1n) is 7.63. The summed E-state index contributed by atoms with van der Waals surface area (Å²) in [6, 6.07) is 16.4. The van der Waals surface area contributed by atoms with Gasteiger partial charge in [0.15, 0.2) is 0 Å². The lowest BCUT2D eigenvalue weighted by molar-refractivity contribution is -0.126. The number of ether oxygens (including phenoxy) is 1. The van der Waals surface area contributed by atoms with Gasteiger partial charge in [0.2, 0.25) is 11.8 Å². The van der Waals surface area contributed by atoms with Crippen LogP contribution in [0.25, 0.3) is 0 Å². The monoisotopic (exact) mass is 327 g/mol. The molecule has 0 saturated carbocycles. The third-order valence-electron chi connectivity index (χ3n) is 3.48. The minimum absolute atomic E-state index is 0.184. The third-order valence-corrected chi connectivity index (χ3v) is 3.48. The van der Waals surface area contributed by atoms with Gasteiger partial charge in [0.05, 0.1) is 6.54 Å². The Hall–Kier alpha value is -2.86. The number of hydrogen-bond acceptors (Lipinski definition) is 4. The van der Waals surface area contributed by atoms with Gasteiger partial charge in [-0.15, -0.1) is 0 Å². The number of primary amides is 1. The summed E-state index contributed by atoms with van der Waals surface area (Å²) in [6.45, 7) is 0.298. The molecule has 6 nitrogen and oxygen atoms in total. The van der Waals surface area contributed by atoms with Crippen molar-refractivity contribution >= 4 is 11.8 Å². The predicted octanol–water partition coefficient (Wildman–Crippen LogP) is 0.737. The molecule has 2 aromatic rings. The van der Waals surface area contributed by atoms with Crippen LogP contribution in [0, 0.1) is 0 Å². The van der Waals surface area contributed by atoms with Crippen molar-refractivity contribution in [3.05, 3.63) is 65.7 Å². The SMILES string of the molecule is NCC(=O)NC(Cc1ccc(OCc2ccccc2)cc1)C(N)=O. The Morgan fingerprint density at radius 2 is 1.67 bits per heavy atom. The van der Waals surface area contributed by atoms with Crippen molar-refractivity contribution in [3.8, 4) is 5.75 Å². The summed E-state index contributed by atoms with van der Waals surface area (Å²) >= 11 is 0. The molecule has 0 fully saturated rings. The van der Waals surface area contributed by atoms with Crippen molar-refractivity contribution in [2.45, 2.75) is 19.1 Å². The van der Waals surface area contributed by atoms with Crippen LogP contribution in [-0.2, 0) is 22.6 Å². The number of benzene rings is 2. The fourth-order valence-electron chi connectivity index (χ4n) is 2.17. The van der Waals surface area contributed by atoms with E-state index in [9.17, 15) is 9.59 Å². The number of carbonyl (C=O) groups is 2. The van der Waals surface area contributed by atoms with E-state index in [0.29, 0.717) is 13.0 Å². The van der Waals surface area contributed by atoms with Gasteiger partial charge in [-0.25, -0.2) is 0 Å². The molecule has 0 aliphatic rings. The highest BCUT2D eigenvalue weighted by Gasteiger charge is 2.17. The Morgan fingerprint density at radius 1 is 1.00 bits per heavy atom. The second kappa shape index (κ2) is 8.69. The molecule has 0 spiro atoms. The highest BCUT2D eigenvalue weighted by atomic mass is 16.5. The van der Waals surface area contributed by atoms with E-state index in [1.165, 1.54) is 0 Å². The fraction of sp³-hybridized carbons (Fsp3) is 0.222. The maximum absolute atomic E-state index is 11.4. The molecule has 126 valence electrons. The number of nitrogens with one attached hydrogen (secondary N) is 1. The number of nitrogens with two attached hydrogens (primary N) is 2. The van der Waals surface area contributed by atoms with Crippen LogP contribution >= 0.6 is 0 Å². The molecule has 24 heavy (non-hydrogen) atoms. The maximum atomic E-state index is 11.4. The largest absolute Gasteiger partial charge is 0.489 e. The van der Waals surface area contributed by atoms with Crippen LogP contribution < -0.4 is 21.5 Å². The molecule has 1 atom stereocenters. The summed E-state index contributed by atoms with van der Waals surface area (Å²) in [5.41, 5.74) is 12.5. The standard InChI is InChI=1S/C18H21N3O3/c19-11-17(22)21-16(18(20)23)10-13-6-8-15(9-7-13)24-12-14-4-2-1-3-5-14/h1-9,16H,10-12,19H2,(H2,20,23)(H,21,22). The zero-order valence-electron chi connectivity index (χ0n) is 13.3. The molecule has 0 heterocycles. The van der Waals surface area contributed by atoms with Gasteiger partial charge in [-0.1, -0.05) is 42.5 Å². The summed E-state index contributed by atoms with van der Waals surface area (Å²) in [4.78, 5) is 22.8. The predicted molar refractivity (Wildman–Crippen MR) is 91.1 cm³/mol. The van der Waals surface area contributed by atoms with Crippen LogP contribution in [0.4, 0.5) is 0 Å². The van der Waals surface area contributed by atoms with Gasteiger partial charge in [0.1, 0.15) is 18.4 Å². The zero-order chi connectivity index (χ0) is 17.4. The molecule has 0 bridgehead atoms. The molecule has 1 unspecified atom stereocenters. The molecule has 2 aromatic carbocycles. The number of rotatable bonds is 8. The molecule has 0 aliphatic carbocycles. The van der Waals surface area contributed by atoms with Gasteiger partial charge in [-0.2, -0.15) is 0 Å². The van der Waals surface area contributed by atoms with Crippen molar-refractivity contribution < 1.29 is 14.3 Å². The van der Waals surface area contributed by atoms with Crippen LogP contribution in [-0.4, -0.2) is 24.4 Å². The van der Waals surface area contributed by atoms with E-state index in [0.717, 1.165) is 16.9 Å². The lowest BCUT2D eigenvalue weighted by Gasteiger charge is -2.15. The Kier molecular flexibility index (Phi) is 6.33. The van der Waals surface area contributed by atoms with Gasteiger partial charge >= 0.3 is 0 Å². The molecule has 0 aromatic heterocycles. The summed E-state index contributed by atoms with van der Waals surface area (Å²) in [6.07, 6.45) is 0.306. The van der Waals surface area contributed by atoms with Crippen LogP contribution in [0.15, 0.2) is 54.6 Å². The molecule has 2 amide bonds. The summed E-state index contributed by atoms with van der Waals surface area (Å²) in [5, 5.41) is 2.51. The molecular formula is C18H21N3O3. The van der Waals surface area contributed by atoms with E-state index in [1.807, 2.05) is 54.6 Å². The van der Waals surface area contributed by atoms with E-state index in [4.69, 9.17) is 16.2 Å². The van der Waals surface area contributed by atoms with Crippen molar-refractivity contribution in [2.75, 3.05) is 6.54 Å². The van der Waals surface area contributed by atoms with E-state index < -0.39 is 17.9 Å². The maximum Gasteiger partial charge on any atom is 0.240 e. The minimum atomic E-state index is -0.780. The number of carbonyl (C=O) groups excluding carboxylic acids is 2. The first-order valence-corrected chi connectivity index (χ1v) is 7.63. The van der Waals surface area contributed by atoms with Crippen LogP contribution in [0.5, 0.6) is 5.75 Å². The van der Waals surface area contributed by atoms with Crippen molar-refractivity contribution in [1.82, 2.24) is 5.32 Å². The Bertz CT molecular complexity index is 672. The Labute approximate surface area is 140 Å². The van der Waals surface area contributed by atoms with E-state index in [2.05, 4.69) is 5.32 Å². The lowest BCUT2D eigenvalue weighted by atomic mass is 10.1. The molecule has 2 rings (SSSR count). The minimum Gasteiger partial charge on any atom is -0.489 e. The highest BCUT2D eigenvalue weighted by molar-refractivity contribution is 5.87. The average molecular weight is 327 g/mol. The van der Waals surface area contributed by atoms with Gasteiger partial charge < -0.3 is 21.5 Å². The van der Waals surface area contributed by atoms with Gasteiger partial charge in [0.25, 0.3) is 0 Å². The van der Waals surface area contributed by atoms with E-state index in [1.54, 1.807) is 0 Å². The smallest absolute Gasteiger partial charge is 0.240 e. The van der Waals surface area contributed by atoms with E-state index in [-0.39, 0.29) is 6.54 Å². The van der Waals surface area contributed by atoms with Crippen LogP contribution in [0.1, 0.15) is 11.1 Å². The van der Waals surface area contributed by atoms with Crippen LogP contribution in [0.2, 0.25) is 0 Å². The van der Waals surface area contributed by atoms with Crippen molar-refractivity contribution in [2.24, 2.45) is 11.5 Å². The van der Waals surface area contributed by atoms with Crippen molar-refractivity contribution in [3.63, 3.8) is 0 Å². The fourth-order valence-corrected chi connectivity index (χ4v) is 2.17. The third kappa shape index (κ3) is 5.40. The molecule has 6 heteroatoms. The van der Waals surface area contributed by atoms with E-state index >= 15 is 0 Å². The van der Waals surface area contributed by atoms with Crippen LogP contribution in [0.3, 0.4) is 0 Å². The zero-order valence-corrected chi connectivity index (χ0v) is 13.3. The first kappa shape index (κ1) is 17.5. The number of amides is 2. The Morgan fingerprint density at radius 3 is 2.25 bits per heavy atom. The van der Waals surface area contributed by atoms with Gasteiger partial charge in [0, 0.05) is 6.42 Å². The lowest BCUT2D eigenvalue weighted by Crippen LogP contribution is -2.47. The highest BCUT2D eigenvalue weighted by Crippen LogP contribution is 2.15. The quantitative estimate of drug-likeness (QED) is 0.664. The van der Waals surface area contributed by atoms with Gasteiger partial charge in [-0.05, 0) is 23.3 Å². The Balaban J connectivity index is 1.92. The molecule has 5 N–H and O–H groups in total. The summed E-state index contributed by atoms with van der Waals surface area (Å²) in [7, 11) is 0. The second-order valence-corrected chi connectivity index (χ2v) is 5.35. The molecular weight excluding hydrogens is 306 g/mol. The van der Waals surface area contributed by atoms with Gasteiger partial charge in [-0.3, -0.25) is 9.59 Å². The first-order chi connectivity index (χ1) is 11.6. The topological polar surface area (TPSA) is 107 Å². The molecule has 0 aliphatic heterocycles. The summed E-state index contributed by atoms with van der Waals surface area (Å²) < 4.78 is 5.70. The normalized spacial score (nSPS) is 11.5. The molecule has 0 saturated heterocycles. The van der Waals surface area contributed by atoms with Crippen molar-refractivity contribution in [1.29, 1.82) is 0 Å². The molecule has 0 radical (unpaired) electrons.